The van der Waals surface area contributed by atoms with Crippen molar-refractivity contribution in [3.05, 3.63) is 46.3 Å². The van der Waals surface area contributed by atoms with Crippen LogP contribution in [0.1, 0.15) is 28.1 Å². The minimum absolute atomic E-state index is 0.673. The summed E-state index contributed by atoms with van der Waals surface area (Å²) in [4.78, 5) is 0. The Bertz CT molecular complexity index is 585. The molecule has 92 valence electrons. The molecule has 0 aliphatic heterocycles. The summed E-state index contributed by atoms with van der Waals surface area (Å²) < 4.78 is 0. The van der Waals surface area contributed by atoms with E-state index in [1.165, 1.54) is 0 Å². The molecule has 1 aromatic carbocycles. The number of nitrogens with one attached hydrogen (secondary N) is 2. The van der Waals surface area contributed by atoms with Crippen LogP contribution in [0.5, 0.6) is 0 Å². The average molecular weight is 240 g/mol. The van der Waals surface area contributed by atoms with Gasteiger partial charge >= 0.3 is 0 Å². The SMILES string of the molecule is Cc1cccc(NCc2c(C)n[nH]c2C)c1C#N. The molecule has 0 fully saturated rings. The molecule has 1 aromatic heterocycles. The standard InChI is InChI=1S/C14H16N4/c1-9-5-4-6-14(12(9)7-15)16-8-13-10(2)17-18-11(13)3/h4-6,16H,8H2,1-3H3,(H,17,18). The maximum atomic E-state index is 9.16. The summed E-state index contributed by atoms with van der Waals surface area (Å²) in [7, 11) is 0. The number of aromatic nitrogens is 2. The van der Waals surface area contributed by atoms with Crippen LogP contribution in [-0.2, 0) is 6.54 Å². The molecule has 0 radical (unpaired) electrons. The molecule has 0 saturated heterocycles. The number of H-pyrrole nitrogens is 1. The summed E-state index contributed by atoms with van der Waals surface area (Å²) in [6, 6.07) is 8.06. The van der Waals surface area contributed by atoms with Gasteiger partial charge in [-0.2, -0.15) is 10.4 Å². The van der Waals surface area contributed by atoms with Gasteiger partial charge in [0.1, 0.15) is 6.07 Å². The van der Waals surface area contributed by atoms with Crippen molar-refractivity contribution in [2.45, 2.75) is 27.3 Å². The van der Waals surface area contributed by atoms with Gasteiger partial charge in [0, 0.05) is 17.8 Å². The predicted octanol–water partition coefficient (Wildman–Crippen LogP) is 2.82. The van der Waals surface area contributed by atoms with Crippen LogP contribution in [0, 0.1) is 32.1 Å². The molecule has 0 aliphatic carbocycles. The molecule has 0 spiro atoms. The van der Waals surface area contributed by atoms with Crippen molar-refractivity contribution in [3.63, 3.8) is 0 Å². The second-order valence-corrected chi connectivity index (χ2v) is 4.38. The number of benzene rings is 1. The third-order valence-corrected chi connectivity index (χ3v) is 3.12. The van der Waals surface area contributed by atoms with Crippen LogP contribution < -0.4 is 5.32 Å². The summed E-state index contributed by atoms with van der Waals surface area (Å²) in [5, 5.41) is 19.6. The molecule has 4 nitrogen and oxygen atoms in total. The molecule has 0 unspecified atom stereocenters. The van der Waals surface area contributed by atoms with E-state index < -0.39 is 0 Å². The first kappa shape index (κ1) is 12.2. The Balaban J connectivity index is 2.22. The fraction of sp³-hybridized carbons (Fsp3) is 0.286. The lowest BCUT2D eigenvalue weighted by atomic mass is 10.1. The lowest BCUT2D eigenvalue weighted by molar-refractivity contribution is 1.02. The van der Waals surface area contributed by atoms with E-state index in [-0.39, 0.29) is 0 Å². The minimum Gasteiger partial charge on any atom is -0.380 e. The van der Waals surface area contributed by atoms with Gasteiger partial charge in [-0.25, -0.2) is 0 Å². The van der Waals surface area contributed by atoms with Crippen molar-refractivity contribution in [3.8, 4) is 6.07 Å². The average Bonchev–Trinajstić information content (AvgIpc) is 2.67. The highest BCUT2D eigenvalue weighted by Gasteiger charge is 2.08. The van der Waals surface area contributed by atoms with Crippen LogP contribution in [-0.4, -0.2) is 10.2 Å². The van der Waals surface area contributed by atoms with E-state index in [2.05, 4.69) is 21.6 Å². The molecule has 2 aromatic rings. The third-order valence-electron chi connectivity index (χ3n) is 3.12. The number of hydrogen-bond acceptors (Lipinski definition) is 3. The predicted molar refractivity (Wildman–Crippen MR) is 71.3 cm³/mol. The van der Waals surface area contributed by atoms with Gasteiger partial charge in [-0.05, 0) is 32.4 Å². The molecule has 1 heterocycles. The van der Waals surface area contributed by atoms with Crippen LogP contribution in [0.2, 0.25) is 0 Å². The molecule has 0 amide bonds. The van der Waals surface area contributed by atoms with Crippen molar-refractivity contribution in [2.24, 2.45) is 0 Å². The number of aryl methyl sites for hydroxylation is 3. The molecular formula is C14H16N4. The monoisotopic (exact) mass is 240 g/mol. The van der Waals surface area contributed by atoms with Crippen molar-refractivity contribution >= 4 is 5.69 Å². The van der Waals surface area contributed by atoms with Crippen molar-refractivity contribution in [2.75, 3.05) is 5.32 Å². The molecule has 18 heavy (non-hydrogen) atoms. The van der Waals surface area contributed by atoms with Crippen LogP contribution >= 0.6 is 0 Å². The van der Waals surface area contributed by atoms with Gasteiger partial charge in [0.25, 0.3) is 0 Å². The van der Waals surface area contributed by atoms with Gasteiger partial charge < -0.3 is 5.32 Å². The molecule has 0 saturated carbocycles. The van der Waals surface area contributed by atoms with E-state index in [0.717, 1.165) is 28.2 Å². The topological polar surface area (TPSA) is 64.5 Å². The second kappa shape index (κ2) is 4.92. The first-order chi connectivity index (χ1) is 8.63. The number of nitriles is 1. The minimum atomic E-state index is 0.673. The summed E-state index contributed by atoms with van der Waals surface area (Å²) in [5.74, 6) is 0. The van der Waals surface area contributed by atoms with E-state index in [4.69, 9.17) is 5.26 Å². The normalized spacial score (nSPS) is 10.1. The largest absolute Gasteiger partial charge is 0.380 e. The Kier molecular flexibility index (Phi) is 3.33. The first-order valence-corrected chi connectivity index (χ1v) is 5.87. The number of rotatable bonds is 3. The van der Waals surface area contributed by atoms with E-state index in [1.807, 2.05) is 39.0 Å². The lowest BCUT2D eigenvalue weighted by Crippen LogP contribution is -2.03. The van der Waals surface area contributed by atoms with Gasteiger partial charge in [0.15, 0.2) is 0 Å². The molecular weight excluding hydrogens is 224 g/mol. The van der Waals surface area contributed by atoms with E-state index in [9.17, 15) is 0 Å². The van der Waals surface area contributed by atoms with Gasteiger partial charge in [-0.1, -0.05) is 12.1 Å². The first-order valence-electron chi connectivity index (χ1n) is 5.87. The fourth-order valence-electron chi connectivity index (χ4n) is 1.98. The van der Waals surface area contributed by atoms with Crippen molar-refractivity contribution in [1.29, 1.82) is 5.26 Å². The summed E-state index contributed by atoms with van der Waals surface area (Å²) in [6.45, 7) is 6.59. The molecule has 0 bridgehead atoms. The Morgan fingerprint density at radius 3 is 2.72 bits per heavy atom. The van der Waals surface area contributed by atoms with Crippen LogP contribution in [0.3, 0.4) is 0 Å². The lowest BCUT2D eigenvalue weighted by Gasteiger charge is -2.10. The Hall–Kier alpha value is -2.28. The van der Waals surface area contributed by atoms with E-state index >= 15 is 0 Å². The van der Waals surface area contributed by atoms with Crippen LogP contribution in [0.15, 0.2) is 18.2 Å². The quantitative estimate of drug-likeness (QED) is 0.867. The maximum absolute atomic E-state index is 9.16. The van der Waals surface area contributed by atoms with E-state index in [1.54, 1.807) is 0 Å². The van der Waals surface area contributed by atoms with Gasteiger partial charge in [-0.3, -0.25) is 5.10 Å². The highest BCUT2D eigenvalue weighted by Crippen LogP contribution is 2.20. The van der Waals surface area contributed by atoms with E-state index in [0.29, 0.717) is 12.1 Å². The molecule has 4 heteroatoms. The molecule has 2 rings (SSSR count). The van der Waals surface area contributed by atoms with Crippen molar-refractivity contribution in [1.82, 2.24) is 10.2 Å². The smallest absolute Gasteiger partial charge is 0.102 e. The van der Waals surface area contributed by atoms with Gasteiger partial charge in [-0.15, -0.1) is 0 Å². The molecule has 0 aliphatic rings. The number of aromatic amines is 1. The Morgan fingerprint density at radius 2 is 2.11 bits per heavy atom. The zero-order valence-corrected chi connectivity index (χ0v) is 10.8. The van der Waals surface area contributed by atoms with Gasteiger partial charge in [0.05, 0.1) is 16.9 Å². The zero-order chi connectivity index (χ0) is 13.1. The Morgan fingerprint density at radius 1 is 1.33 bits per heavy atom. The maximum Gasteiger partial charge on any atom is 0.102 e. The number of hydrogen-bond donors (Lipinski definition) is 2. The van der Waals surface area contributed by atoms with Gasteiger partial charge in [0.2, 0.25) is 0 Å². The summed E-state index contributed by atoms with van der Waals surface area (Å²) in [5.41, 5.74) is 5.77. The number of anilines is 1. The fourth-order valence-corrected chi connectivity index (χ4v) is 1.98. The molecule has 0 atom stereocenters. The Labute approximate surface area is 107 Å². The summed E-state index contributed by atoms with van der Waals surface area (Å²) >= 11 is 0. The zero-order valence-electron chi connectivity index (χ0n) is 10.8. The number of nitrogens with zero attached hydrogens (tertiary/aromatic N) is 2. The highest BCUT2D eigenvalue weighted by atomic mass is 15.1. The van der Waals surface area contributed by atoms with Crippen molar-refractivity contribution < 1.29 is 0 Å². The van der Waals surface area contributed by atoms with Crippen LogP contribution in [0.25, 0.3) is 0 Å². The molecule has 2 N–H and O–H groups in total. The second-order valence-electron chi connectivity index (χ2n) is 4.38. The van der Waals surface area contributed by atoms with Crippen LogP contribution in [0.4, 0.5) is 5.69 Å². The highest BCUT2D eigenvalue weighted by molar-refractivity contribution is 5.60. The third kappa shape index (κ3) is 2.21. The summed E-state index contributed by atoms with van der Waals surface area (Å²) in [6.07, 6.45) is 0.